The lowest BCUT2D eigenvalue weighted by Gasteiger charge is -2.29. The van der Waals surface area contributed by atoms with Gasteiger partial charge in [0.2, 0.25) is 0 Å². The second-order valence-corrected chi connectivity index (χ2v) is 5.31. The Kier molecular flexibility index (Phi) is 2.35. The summed E-state index contributed by atoms with van der Waals surface area (Å²) in [5, 5.41) is 0. The number of carbonyl (C=O) groups is 1. The number of carbonyl (C=O) groups excluding carboxylic acids is 1. The molecule has 2 N–H and O–H groups in total. The summed E-state index contributed by atoms with van der Waals surface area (Å²) in [6.45, 7) is 2.72. The van der Waals surface area contributed by atoms with Gasteiger partial charge in [-0.05, 0) is 50.3 Å². The average Bonchev–Trinajstić information content (AvgIpc) is 2.91. The van der Waals surface area contributed by atoms with Gasteiger partial charge in [0, 0.05) is 29.5 Å². The van der Waals surface area contributed by atoms with Crippen LogP contribution < -0.4 is 10.6 Å². The van der Waals surface area contributed by atoms with Crippen LogP contribution in [0.1, 0.15) is 36.5 Å². The van der Waals surface area contributed by atoms with Crippen molar-refractivity contribution in [3.63, 3.8) is 0 Å². The monoisotopic (exact) mass is 230 g/mol. The smallest absolute Gasteiger partial charge is 0.161 e. The number of anilines is 2. The molecule has 2 atom stereocenters. The van der Waals surface area contributed by atoms with E-state index < -0.39 is 0 Å². The Bertz CT molecular complexity index is 469. The van der Waals surface area contributed by atoms with Gasteiger partial charge in [0.05, 0.1) is 0 Å². The average molecular weight is 230 g/mol. The van der Waals surface area contributed by atoms with Crippen LogP contribution in [0.15, 0.2) is 18.2 Å². The normalized spacial score (nSPS) is 26.5. The number of piperidine rings is 1. The molecule has 2 unspecified atom stereocenters. The molecule has 3 heteroatoms. The number of nitrogens with zero attached hydrogens (tertiary/aromatic N) is 1. The minimum atomic E-state index is 0.0497. The maximum absolute atomic E-state index is 11.5. The molecule has 2 fully saturated rings. The van der Waals surface area contributed by atoms with E-state index in [1.807, 2.05) is 18.2 Å². The Morgan fingerprint density at radius 3 is 2.82 bits per heavy atom. The molecule has 1 aliphatic carbocycles. The lowest BCUT2D eigenvalue weighted by Crippen LogP contribution is -2.31. The molecule has 17 heavy (non-hydrogen) atoms. The Morgan fingerprint density at radius 2 is 2.24 bits per heavy atom. The topological polar surface area (TPSA) is 46.3 Å². The molecule has 1 saturated heterocycles. The van der Waals surface area contributed by atoms with E-state index >= 15 is 0 Å². The summed E-state index contributed by atoms with van der Waals surface area (Å²) < 4.78 is 0. The van der Waals surface area contributed by atoms with E-state index in [1.165, 1.54) is 19.3 Å². The predicted octanol–water partition coefficient (Wildman–Crippen LogP) is 2.46. The molecule has 0 aromatic heterocycles. The van der Waals surface area contributed by atoms with E-state index in [0.29, 0.717) is 17.3 Å². The van der Waals surface area contributed by atoms with Crippen molar-refractivity contribution in [1.82, 2.24) is 0 Å². The third kappa shape index (κ3) is 1.70. The van der Waals surface area contributed by atoms with Crippen molar-refractivity contribution in [3.05, 3.63) is 23.8 Å². The Balaban J connectivity index is 1.93. The predicted molar refractivity (Wildman–Crippen MR) is 69.3 cm³/mol. The molecule has 3 nitrogen and oxygen atoms in total. The summed E-state index contributed by atoms with van der Waals surface area (Å²) in [5.41, 5.74) is 8.24. The van der Waals surface area contributed by atoms with Crippen LogP contribution in [-0.2, 0) is 0 Å². The van der Waals surface area contributed by atoms with Gasteiger partial charge in [0.15, 0.2) is 5.78 Å². The third-order valence-electron chi connectivity index (χ3n) is 4.16. The molecule has 2 aliphatic rings. The van der Waals surface area contributed by atoms with Crippen LogP contribution in [0.2, 0.25) is 0 Å². The van der Waals surface area contributed by atoms with Gasteiger partial charge >= 0.3 is 0 Å². The van der Waals surface area contributed by atoms with Crippen LogP contribution in [0, 0.1) is 5.92 Å². The number of nitrogens with two attached hydrogens (primary N) is 1. The highest BCUT2D eigenvalue weighted by molar-refractivity contribution is 6.00. The molecule has 1 heterocycles. The van der Waals surface area contributed by atoms with Crippen LogP contribution in [0.5, 0.6) is 0 Å². The van der Waals surface area contributed by atoms with Crippen molar-refractivity contribution >= 4 is 17.2 Å². The molecule has 0 amide bonds. The van der Waals surface area contributed by atoms with Crippen LogP contribution in [0.4, 0.5) is 11.4 Å². The molecular formula is C14H18N2O. The summed E-state index contributed by atoms with van der Waals surface area (Å²) in [7, 11) is 0. The van der Waals surface area contributed by atoms with Crippen molar-refractivity contribution in [1.29, 1.82) is 0 Å². The first-order valence-corrected chi connectivity index (χ1v) is 6.32. The number of hydrogen-bond acceptors (Lipinski definition) is 3. The van der Waals surface area contributed by atoms with Crippen molar-refractivity contribution in [3.8, 4) is 0 Å². The number of benzene rings is 1. The van der Waals surface area contributed by atoms with Crippen LogP contribution in [-0.4, -0.2) is 18.4 Å². The largest absolute Gasteiger partial charge is 0.398 e. The minimum absolute atomic E-state index is 0.0497. The van der Waals surface area contributed by atoms with Gasteiger partial charge in [0.25, 0.3) is 0 Å². The Morgan fingerprint density at radius 1 is 1.41 bits per heavy atom. The summed E-state index contributed by atoms with van der Waals surface area (Å²) in [6, 6.07) is 6.54. The van der Waals surface area contributed by atoms with Gasteiger partial charge in [0.1, 0.15) is 0 Å². The zero-order chi connectivity index (χ0) is 12.0. The van der Waals surface area contributed by atoms with E-state index in [0.717, 1.165) is 18.2 Å². The fourth-order valence-corrected chi connectivity index (χ4v) is 3.27. The highest BCUT2D eigenvalue weighted by Crippen LogP contribution is 2.40. The van der Waals surface area contributed by atoms with Crippen LogP contribution >= 0.6 is 0 Å². The fourth-order valence-electron chi connectivity index (χ4n) is 3.27. The van der Waals surface area contributed by atoms with Gasteiger partial charge in [-0.25, -0.2) is 0 Å². The van der Waals surface area contributed by atoms with Crippen molar-refractivity contribution < 1.29 is 4.79 Å². The van der Waals surface area contributed by atoms with E-state index in [2.05, 4.69) is 4.90 Å². The quantitative estimate of drug-likeness (QED) is 0.627. The van der Waals surface area contributed by atoms with Gasteiger partial charge in [-0.2, -0.15) is 0 Å². The van der Waals surface area contributed by atoms with Crippen molar-refractivity contribution in [2.75, 3.05) is 17.2 Å². The third-order valence-corrected chi connectivity index (χ3v) is 4.16. The van der Waals surface area contributed by atoms with E-state index in [9.17, 15) is 4.79 Å². The zero-order valence-electron chi connectivity index (χ0n) is 10.1. The summed E-state index contributed by atoms with van der Waals surface area (Å²) in [6.07, 6.45) is 3.99. The highest BCUT2D eigenvalue weighted by atomic mass is 16.1. The summed E-state index contributed by atoms with van der Waals surface area (Å²) >= 11 is 0. The molecule has 1 aromatic carbocycles. The summed E-state index contributed by atoms with van der Waals surface area (Å²) in [5.74, 6) is 0.909. The van der Waals surface area contributed by atoms with Gasteiger partial charge in [-0.15, -0.1) is 0 Å². The number of ketones is 1. The number of hydrogen-bond donors (Lipinski definition) is 1. The maximum atomic E-state index is 11.5. The molecular weight excluding hydrogens is 212 g/mol. The number of rotatable bonds is 2. The van der Waals surface area contributed by atoms with Gasteiger partial charge in [-0.1, -0.05) is 0 Å². The second kappa shape index (κ2) is 3.76. The minimum Gasteiger partial charge on any atom is -0.398 e. The first-order chi connectivity index (χ1) is 8.15. The molecule has 3 rings (SSSR count). The highest BCUT2D eigenvalue weighted by Gasteiger charge is 2.37. The first kappa shape index (κ1) is 10.6. The molecule has 0 spiro atoms. The van der Waals surface area contributed by atoms with E-state index in [1.54, 1.807) is 6.92 Å². The fraction of sp³-hybridized carbons (Fsp3) is 0.500. The molecule has 1 aliphatic heterocycles. The Hall–Kier alpha value is -1.51. The molecule has 1 aromatic rings. The van der Waals surface area contributed by atoms with Crippen LogP contribution in [0.3, 0.4) is 0 Å². The van der Waals surface area contributed by atoms with Crippen molar-refractivity contribution in [2.24, 2.45) is 5.92 Å². The number of fused-ring (bicyclic) bond motifs is 2. The zero-order valence-corrected chi connectivity index (χ0v) is 10.1. The summed E-state index contributed by atoms with van der Waals surface area (Å²) in [4.78, 5) is 13.9. The molecule has 90 valence electrons. The van der Waals surface area contributed by atoms with Gasteiger partial charge < -0.3 is 10.6 Å². The standard InChI is InChI=1S/C14H18N2O/c1-9(17)13-7-12(4-5-14(13)15)16-8-10-2-3-11(16)6-10/h4-5,7,10-11H,2-3,6,8,15H2,1H3. The maximum Gasteiger partial charge on any atom is 0.161 e. The SMILES string of the molecule is CC(=O)c1cc(N2CC3CCC2C3)ccc1N. The van der Waals surface area contributed by atoms with Crippen LogP contribution in [0.25, 0.3) is 0 Å². The number of Topliss-reactive ketones (excluding diaryl/α,β-unsaturated/α-hetero) is 1. The molecule has 0 radical (unpaired) electrons. The lowest BCUT2D eigenvalue weighted by atomic mass is 10.1. The van der Waals surface area contributed by atoms with E-state index in [-0.39, 0.29) is 5.78 Å². The Labute approximate surface area is 102 Å². The number of nitrogen functional groups attached to an aromatic ring is 1. The first-order valence-electron chi connectivity index (χ1n) is 6.32. The lowest BCUT2D eigenvalue weighted by molar-refractivity contribution is 0.101. The van der Waals surface area contributed by atoms with Gasteiger partial charge in [-0.3, -0.25) is 4.79 Å². The van der Waals surface area contributed by atoms with Crippen molar-refractivity contribution in [2.45, 2.75) is 32.2 Å². The molecule has 1 saturated carbocycles. The van der Waals surface area contributed by atoms with E-state index in [4.69, 9.17) is 5.73 Å². The molecule has 2 bridgehead atoms. The second-order valence-electron chi connectivity index (χ2n) is 5.31.